The maximum atomic E-state index is 12.7. The minimum atomic E-state index is -4.46. The van der Waals surface area contributed by atoms with Crippen LogP contribution >= 0.6 is 0 Å². The van der Waals surface area contributed by atoms with Crippen molar-refractivity contribution in [2.24, 2.45) is 0 Å². The number of urea groups is 1. The predicted molar refractivity (Wildman–Crippen MR) is 82.5 cm³/mol. The van der Waals surface area contributed by atoms with Crippen LogP contribution in [0.25, 0.3) is 5.69 Å². The second-order valence-electron chi connectivity index (χ2n) is 5.10. The molecule has 134 valence electrons. The number of carbonyl (C=O) groups excluding carboxylic acids is 1. The molecule has 0 saturated carbocycles. The Morgan fingerprint density at radius 2 is 2.04 bits per heavy atom. The van der Waals surface area contributed by atoms with Gasteiger partial charge in [0, 0.05) is 13.0 Å². The third-order valence-electron chi connectivity index (χ3n) is 3.13. The molecule has 10 heteroatoms. The number of amides is 2. The molecule has 2 amide bonds. The maximum Gasteiger partial charge on any atom is 0.416 e. The van der Waals surface area contributed by atoms with Crippen LogP contribution in [0.2, 0.25) is 0 Å². The minimum Gasteiger partial charge on any atom is -0.481 e. The molecule has 0 aliphatic rings. The number of halogens is 3. The van der Waals surface area contributed by atoms with Gasteiger partial charge in [-0.2, -0.15) is 18.3 Å². The van der Waals surface area contributed by atoms with E-state index in [2.05, 4.69) is 15.7 Å². The SMILES string of the molecule is O=C(O)CCCNC(=O)Nc1cnn(-c2cccc(C(F)(F)F)c2)c1. The summed E-state index contributed by atoms with van der Waals surface area (Å²) in [6.07, 6.45) is -1.58. The molecule has 1 aromatic heterocycles. The molecule has 0 fully saturated rings. The number of hydrogen-bond acceptors (Lipinski definition) is 3. The maximum absolute atomic E-state index is 12.7. The molecule has 0 bridgehead atoms. The Bertz CT molecular complexity index is 758. The molecule has 7 nitrogen and oxygen atoms in total. The first-order valence-corrected chi connectivity index (χ1v) is 7.24. The van der Waals surface area contributed by atoms with Crippen molar-refractivity contribution in [1.82, 2.24) is 15.1 Å². The summed E-state index contributed by atoms with van der Waals surface area (Å²) in [5.74, 6) is -0.954. The van der Waals surface area contributed by atoms with E-state index in [-0.39, 0.29) is 30.8 Å². The summed E-state index contributed by atoms with van der Waals surface area (Å²) in [4.78, 5) is 22.0. The van der Waals surface area contributed by atoms with Gasteiger partial charge in [-0.3, -0.25) is 4.79 Å². The van der Waals surface area contributed by atoms with Crippen LogP contribution in [0.15, 0.2) is 36.7 Å². The van der Waals surface area contributed by atoms with Crippen LogP contribution in [0.5, 0.6) is 0 Å². The first kappa shape index (κ1) is 18.3. The molecule has 0 atom stereocenters. The zero-order chi connectivity index (χ0) is 18.4. The number of alkyl halides is 3. The van der Waals surface area contributed by atoms with E-state index in [0.717, 1.165) is 12.1 Å². The van der Waals surface area contributed by atoms with Gasteiger partial charge in [0.15, 0.2) is 0 Å². The molecule has 1 heterocycles. The molecule has 0 aliphatic carbocycles. The van der Waals surface area contributed by atoms with Crippen molar-refractivity contribution in [3.05, 3.63) is 42.2 Å². The number of aromatic nitrogens is 2. The Labute approximate surface area is 140 Å². The van der Waals surface area contributed by atoms with Crippen molar-refractivity contribution in [3.8, 4) is 5.69 Å². The minimum absolute atomic E-state index is 0.0617. The van der Waals surface area contributed by atoms with E-state index in [1.54, 1.807) is 0 Å². The molecule has 1 aromatic carbocycles. The van der Waals surface area contributed by atoms with Crippen LogP contribution in [0.3, 0.4) is 0 Å². The summed E-state index contributed by atoms with van der Waals surface area (Å²) in [7, 11) is 0. The third-order valence-corrected chi connectivity index (χ3v) is 3.13. The topological polar surface area (TPSA) is 96.2 Å². The van der Waals surface area contributed by atoms with E-state index in [9.17, 15) is 22.8 Å². The van der Waals surface area contributed by atoms with Gasteiger partial charge in [-0.25, -0.2) is 9.48 Å². The summed E-state index contributed by atoms with van der Waals surface area (Å²) in [5.41, 5.74) is -0.316. The first-order valence-electron chi connectivity index (χ1n) is 7.24. The van der Waals surface area contributed by atoms with Gasteiger partial charge >= 0.3 is 18.2 Å². The number of anilines is 1. The Kier molecular flexibility index (Phi) is 5.63. The van der Waals surface area contributed by atoms with E-state index in [0.29, 0.717) is 0 Å². The Morgan fingerprint density at radius 1 is 1.28 bits per heavy atom. The van der Waals surface area contributed by atoms with Crippen molar-refractivity contribution in [2.45, 2.75) is 19.0 Å². The molecule has 0 radical (unpaired) electrons. The van der Waals surface area contributed by atoms with Crippen molar-refractivity contribution in [3.63, 3.8) is 0 Å². The van der Waals surface area contributed by atoms with Crippen LogP contribution < -0.4 is 10.6 Å². The number of carbonyl (C=O) groups is 2. The smallest absolute Gasteiger partial charge is 0.416 e. The number of rotatable bonds is 6. The summed E-state index contributed by atoms with van der Waals surface area (Å²) >= 11 is 0. The quantitative estimate of drug-likeness (QED) is 0.694. The lowest BCUT2D eigenvalue weighted by Crippen LogP contribution is -2.29. The largest absolute Gasteiger partial charge is 0.481 e. The average Bonchev–Trinajstić information content (AvgIpc) is 2.99. The van der Waals surface area contributed by atoms with Gasteiger partial charge in [-0.15, -0.1) is 0 Å². The molecule has 2 rings (SSSR count). The molecule has 25 heavy (non-hydrogen) atoms. The highest BCUT2D eigenvalue weighted by atomic mass is 19.4. The van der Waals surface area contributed by atoms with Gasteiger partial charge in [0.1, 0.15) is 0 Å². The van der Waals surface area contributed by atoms with E-state index >= 15 is 0 Å². The fourth-order valence-corrected chi connectivity index (χ4v) is 1.97. The lowest BCUT2D eigenvalue weighted by atomic mass is 10.2. The van der Waals surface area contributed by atoms with E-state index in [1.165, 1.54) is 29.2 Å². The van der Waals surface area contributed by atoms with Gasteiger partial charge in [0.2, 0.25) is 0 Å². The Morgan fingerprint density at radius 3 is 2.72 bits per heavy atom. The molecule has 0 spiro atoms. The van der Waals surface area contributed by atoms with Crippen molar-refractivity contribution >= 4 is 17.7 Å². The van der Waals surface area contributed by atoms with E-state index < -0.39 is 23.7 Å². The van der Waals surface area contributed by atoms with Gasteiger partial charge in [-0.05, 0) is 24.6 Å². The fraction of sp³-hybridized carbons (Fsp3) is 0.267. The van der Waals surface area contributed by atoms with Crippen LogP contribution in [0.4, 0.5) is 23.7 Å². The summed E-state index contributed by atoms with van der Waals surface area (Å²) in [6, 6.07) is 4.06. The van der Waals surface area contributed by atoms with E-state index in [4.69, 9.17) is 5.11 Å². The number of nitrogens with one attached hydrogen (secondary N) is 2. The van der Waals surface area contributed by atoms with Crippen molar-refractivity contribution in [2.75, 3.05) is 11.9 Å². The number of hydrogen-bond donors (Lipinski definition) is 3. The number of carboxylic acids is 1. The zero-order valence-corrected chi connectivity index (χ0v) is 12.9. The monoisotopic (exact) mass is 356 g/mol. The molecule has 0 aliphatic heterocycles. The second-order valence-corrected chi connectivity index (χ2v) is 5.10. The zero-order valence-electron chi connectivity index (χ0n) is 12.9. The summed E-state index contributed by atoms with van der Waals surface area (Å²) in [6.45, 7) is 0.180. The first-order chi connectivity index (χ1) is 11.8. The number of benzene rings is 1. The third kappa shape index (κ3) is 5.52. The van der Waals surface area contributed by atoms with Gasteiger partial charge in [0.05, 0.1) is 29.3 Å². The highest BCUT2D eigenvalue weighted by Gasteiger charge is 2.30. The van der Waals surface area contributed by atoms with Crippen LogP contribution in [0.1, 0.15) is 18.4 Å². The Hall–Kier alpha value is -3.04. The lowest BCUT2D eigenvalue weighted by Gasteiger charge is -2.08. The van der Waals surface area contributed by atoms with Gasteiger partial charge < -0.3 is 15.7 Å². The summed E-state index contributed by atoms with van der Waals surface area (Å²) < 4.78 is 39.4. The molecule has 2 aromatic rings. The molecular weight excluding hydrogens is 341 g/mol. The fourth-order valence-electron chi connectivity index (χ4n) is 1.97. The molecule has 3 N–H and O–H groups in total. The van der Waals surface area contributed by atoms with Crippen molar-refractivity contribution < 1.29 is 27.9 Å². The molecular formula is C15H15F3N4O3. The lowest BCUT2D eigenvalue weighted by molar-refractivity contribution is -0.138. The van der Waals surface area contributed by atoms with Crippen LogP contribution in [-0.4, -0.2) is 33.4 Å². The number of nitrogens with zero attached hydrogens (tertiary/aromatic N) is 2. The number of aliphatic carboxylic acids is 1. The highest BCUT2D eigenvalue weighted by Crippen LogP contribution is 2.30. The van der Waals surface area contributed by atoms with Crippen LogP contribution in [-0.2, 0) is 11.0 Å². The second kappa shape index (κ2) is 7.69. The highest BCUT2D eigenvalue weighted by molar-refractivity contribution is 5.88. The summed E-state index contributed by atoms with van der Waals surface area (Å²) in [5, 5.41) is 17.3. The van der Waals surface area contributed by atoms with Crippen LogP contribution in [0, 0.1) is 0 Å². The molecule has 0 unspecified atom stereocenters. The Balaban J connectivity index is 1.96. The standard InChI is InChI=1S/C15H15F3N4O3/c16-15(17,18)10-3-1-4-12(7-10)22-9-11(8-20-22)21-14(25)19-6-2-5-13(23)24/h1,3-4,7-9H,2,5-6H2,(H,23,24)(H2,19,21,25). The van der Waals surface area contributed by atoms with Gasteiger partial charge in [0.25, 0.3) is 0 Å². The van der Waals surface area contributed by atoms with E-state index in [1.807, 2.05) is 0 Å². The predicted octanol–water partition coefficient (Wildman–Crippen LogP) is 2.88. The normalized spacial score (nSPS) is 11.2. The van der Waals surface area contributed by atoms with Crippen molar-refractivity contribution in [1.29, 1.82) is 0 Å². The van der Waals surface area contributed by atoms with Gasteiger partial charge in [-0.1, -0.05) is 6.07 Å². The average molecular weight is 356 g/mol. The number of carboxylic acid groups (broad SMARTS) is 1. The molecule has 0 saturated heterocycles.